The third-order valence-electron chi connectivity index (χ3n) is 2.24. The molecule has 0 aliphatic rings. The van der Waals surface area contributed by atoms with Crippen molar-refractivity contribution in [1.82, 2.24) is 0 Å². The van der Waals surface area contributed by atoms with E-state index in [2.05, 4.69) is 27.7 Å². The van der Waals surface area contributed by atoms with Gasteiger partial charge < -0.3 is 0 Å². The summed E-state index contributed by atoms with van der Waals surface area (Å²) in [6, 6.07) is 0. The van der Waals surface area contributed by atoms with Crippen molar-refractivity contribution in [3.8, 4) is 0 Å². The fraction of sp³-hybridized carbons (Fsp3) is 1.00. The lowest BCUT2D eigenvalue weighted by molar-refractivity contribution is -0.357. The number of hydrogen-bond acceptors (Lipinski definition) is 2. The van der Waals surface area contributed by atoms with E-state index in [9.17, 15) is 0 Å². The summed E-state index contributed by atoms with van der Waals surface area (Å²) in [7, 11) is 0. The molecule has 0 spiro atoms. The highest BCUT2D eigenvalue weighted by molar-refractivity contribution is 4.54. The quantitative estimate of drug-likeness (QED) is 0.471. The van der Waals surface area contributed by atoms with Crippen LogP contribution in [0, 0.1) is 11.8 Å². The second-order valence-electron chi connectivity index (χ2n) is 4.09. The van der Waals surface area contributed by atoms with Crippen molar-refractivity contribution in [2.45, 2.75) is 53.8 Å². The van der Waals surface area contributed by atoms with Gasteiger partial charge in [-0.15, -0.1) is 0 Å². The average molecular weight is 174 g/mol. The molecule has 74 valence electrons. The molecule has 0 heterocycles. The zero-order valence-electron chi connectivity index (χ0n) is 9.13. The van der Waals surface area contributed by atoms with Crippen molar-refractivity contribution in [3.63, 3.8) is 0 Å². The van der Waals surface area contributed by atoms with E-state index in [1.165, 1.54) is 0 Å². The molecule has 0 aromatic heterocycles. The molecule has 0 aromatic rings. The standard InChI is InChI=1S/C10H22O2/c1-7(2)9(5)11-12-10(6)8(3)4/h7-10H,1-6H3. The molecular formula is C10H22O2. The van der Waals surface area contributed by atoms with Crippen molar-refractivity contribution in [2.24, 2.45) is 11.8 Å². The van der Waals surface area contributed by atoms with E-state index in [0.29, 0.717) is 11.8 Å². The topological polar surface area (TPSA) is 18.5 Å². The molecule has 0 radical (unpaired) electrons. The Kier molecular flexibility index (Phi) is 5.51. The van der Waals surface area contributed by atoms with Crippen LogP contribution in [0.15, 0.2) is 0 Å². The van der Waals surface area contributed by atoms with Gasteiger partial charge in [-0.3, -0.25) is 0 Å². The molecule has 2 heteroatoms. The van der Waals surface area contributed by atoms with Crippen molar-refractivity contribution >= 4 is 0 Å². The lowest BCUT2D eigenvalue weighted by Gasteiger charge is -2.20. The van der Waals surface area contributed by atoms with Crippen molar-refractivity contribution in [2.75, 3.05) is 0 Å². The summed E-state index contributed by atoms with van der Waals surface area (Å²) in [5.41, 5.74) is 0. The van der Waals surface area contributed by atoms with Gasteiger partial charge in [0.2, 0.25) is 0 Å². The molecule has 0 amide bonds. The van der Waals surface area contributed by atoms with Gasteiger partial charge in [0.1, 0.15) is 0 Å². The normalized spacial score (nSPS) is 17.0. The van der Waals surface area contributed by atoms with Gasteiger partial charge in [0.25, 0.3) is 0 Å². The van der Waals surface area contributed by atoms with Crippen LogP contribution < -0.4 is 0 Å². The molecule has 2 nitrogen and oxygen atoms in total. The Balaban J connectivity index is 3.54. The van der Waals surface area contributed by atoms with E-state index in [1.807, 2.05) is 13.8 Å². The molecule has 0 N–H and O–H groups in total. The Bertz CT molecular complexity index is 96.4. The summed E-state index contributed by atoms with van der Waals surface area (Å²) >= 11 is 0. The van der Waals surface area contributed by atoms with E-state index in [1.54, 1.807) is 0 Å². The van der Waals surface area contributed by atoms with E-state index in [-0.39, 0.29) is 12.2 Å². The monoisotopic (exact) mass is 174 g/mol. The number of hydrogen-bond donors (Lipinski definition) is 0. The minimum Gasteiger partial charge on any atom is -0.233 e. The zero-order chi connectivity index (χ0) is 9.72. The summed E-state index contributed by atoms with van der Waals surface area (Å²) < 4.78 is 0. The highest BCUT2D eigenvalue weighted by atomic mass is 17.2. The predicted octanol–water partition coefficient (Wildman–Crippen LogP) is 3.02. The highest BCUT2D eigenvalue weighted by Gasteiger charge is 2.13. The van der Waals surface area contributed by atoms with Gasteiger partial charge in [-0.05, 0) is 25.7 Å². The summed E-state index contributed by atoms with van der Waals surface area (Å²) in [4.78, 5) is 10.5. The molecule has 12 heavy (non-hydrogen) atoms. The van der Waals surface area contributed by atoms with Gasteiger partial charge in [-0.1, -0.05) is 27.7 Å². The predicted molar refractivity (Wildman–Crippen MR) is 50.8 cm³/mol. The molecule has 2 unspecified atom stereocenters. The first-order chi connectivity index (χ1) is 5.45. The van der Waals surface area contributed by atoms with Crippen LogP contribution in [0.1, 0.15) is 41.5 Å². The molecule has 0 aliphatic carbocycles. The average Bonchev–Trinajstić information content (AvgIpc) is 1.98. The lowest BCUT2D eigenvalue weighted by Crippen LogP contribution is -2.22. The second-order valence-corrected chi connectivity index (χ2v) is 4.09. The zero-order valence-corrected chi connectivity index (χ0v) is 9.13. The molecule has 0 rings (SSSR count). The highest BCUT2D eigenvalue weighted by Crippen LogP contribution is 2.10. The van der Waals surface area contributed by atoms with Crippen molar-refractivity contribution < 1.29 is 9.78 Å². The molecule has 0 fully saturated rings. The van der Waals surface area contributed by atoms with E-state index in [0.717, 1.165) is 0 Å². The van der Waals surface area contributed by atoms with Crippen LogP contribution in [-0.4, -0.2) is 12.2 Å². The van der Waals surface area contributed by atoms with Gasteiger partial charge in [0.05, 0.1) is 12.2 Å². The third-order valence-corrected chi connectivity index (χ3v) is 2.24. The van der Waals surface area contributed by atoms with Gasteiger partial charge >= 0.3 is 0 Å². The molecule has 0 saturated carbocycles. The maximum absolute atomic E-state index is 5.23. The number of rotatable bonds is 5. The van der Waals surface area contributed by atoms with Crippen LogP contribution in [0.2, 0.25) is 0 Å². The molecule has 0 aliphatic heterocycles. The second kappa shape index (κ2) is 5.55. The Labute approximate surface area is 76.2 Å². The van der Waals surface area contributed by atoms with Crippen molar-refractivity contribution in [1.29, 1.82) is 0 Å². The Hall–Kier alpha value is -0.0800. The van der Waals surface area contributed by atoms with E-state index in [4.69, 9.17) is 9.78 Å². The molecule has 0 aromatic carbocycles. The Morgan fingerprint density at radius 2 is 0.833 bits per heavy atom. The fourth-order valence-corrected chi connectivity index (χ4v) is 0.397. The first kappa shape index (κ1) is 11.9. The third kappa shape index (κ3) is 4.73. The molecular weight excluding hydrogens is 152 g/mol. The summed E-state index contributed by atoms with van der Waals surface area (Å²) in [6.45, 7) is 12.5. The molecule has 2 atom stereocenters. The lowest BCUT2D eigenvalue weighted by atomic mass is 10.1. The largest absolute Gasteiger partial charge is 0.233 e. The minimum atomic E-state index is 0.172. The fourth-order valence-electron chi connectivity index (χ4n) is 0.397. The van der Waals surface area contributed by atoms with Crippen LogP contribution in [0.3, 0.4) is 0 Å². The Morgan fingerprint density at radius 1 is 0.583 bits per heavy atom. The van der Waals surface area contributed by atoms with Crippen LogP contribution in [-0.2, 0) is 9.78 Å². The molecule has 0 bridgehead atoms. The van der Waals surface area contributed by atoms with E-state index < -0.39 is 0 Å². The van der Waals surface area contributed by atoms with Gasteiger partial charge in [-0.25, -0.2) is 9.78 Å². The SMILES string of the molecule is CC(C)C(C)OOC(C)C(C)C. The van der Waals surface area contributed by atoms with Crippen LogP contribution in [0.25, 0.3) is 0 Å². The summed E-state index contributed by atoms with van der Waals surface area (Å²) in [5.74, 6) is 1.01. The smallest absolute Gasteiger partial charge is 0.0924 e. The molecule has 0 saturated heterocycles. The van der Waals surface area contributed by atoms with Crippen LogP contribution in [0.4, 0.5) is 0 Å². The maximum Gasteiger partial charge on any atom is 0.0924 e. The first-order valence-corrected chi connectivity index (χ1v) is 4.77. The Morgan fingerprint density at radius 3 is 1.00 bits per heavy atom. The summed E-state index contributed by atoms with van der Waals surface area (Å²) in [6.07, 6.45) is 0.345. The van der Waals surface area contributed by atoms with E-state index >= 15 is 0 Å². The van der Waals surface area contributed by atoms with Crippen LogP contribution in [0.5, 0.6) is 0 Å². The van der Waals surface area contributed by atoms with Gasteiger partial charge in [0, 0.05) is 0 Å². The first-order valence-electron chi connectivity index (χ1n) is 4.77. The van der Waals surface area contributed by atoms with Crippen LogP contribution >= 0.6 is 0 Å². The van der Waals surface area contributed by atoms with Crippen molar-refractivity contribution in [3.05, 3.63) is 0 Å². The minimum absolute atomic E-state index is 0.172. The summed E-state index contributed by atoms with van der Waals surface area (Å²) in [5, 5.41) is 0. The van der Waals surface area contributed by atoms with Gasteiger partial charge in [-0.2, -0.15) is 0 Å². The van der Waals surface area contributed by atoms with Gasteiger partial charge in [0.15, 0.2) is 0 Å². The maximum atomic E-state index is 5.23.